The predicted octanol–water partition coefficient (Wildman–Crippen LogP) is 5.08. The Balaban J connectivity index is 2.28. The van der Waals surface area contributed by atoms with Crippen molar-refractivity contribution in [3.8, 4) is 11.6 Å². The van der Waals surface area contributed by atoms with Crippen LogP contribution in [-0.2, 0) is 0 Å². The normalized spacial score (nSPS) is 10.4. The predicted molar refractivity (Wildman–Crippen MR) is 68.4 cm³/mol. The Bertz CT molecular complexity index is 565. The van der Waals surface area contributed by atoms with Crippen LogP contribution in [0.15, 0.2) is 34.9 Å². The van der Waals surface area contributed by atoms with Gasteiger partial charge in [-0.05, 0) is 34.1 Å². The average Bonchev–Trinajstić information content (AvgIpc) is 2.27. The molecule has 0 amide bonds. The van der Waals surface area contributed by atoms with E-state index in [9.17, 15) is 4.39 Å². The topological polar surface area (TPSA) is 22.1 Å². The number of nitrogens with zero attached hydrogens (tertiary/aromatic N) is 1. The van der Waals surface area contributed by atoms with Crippen molar-refractivity contribution < 1.29 is 9.13 Å². The minimum absolute atomic E-state index is 0.0345. The SMILES string of the molecule is Fc1cc(Oc2ncc(Br)cc2Cl)ccc1Cl. The monoisotopic (exact) mass is 335 g/mol. The molecule has 0 saturated carbocycles. The molecule has 0 bridgehead atoms. The quantitative estimate of drug-likeness (QED) is 0.762. The molecule has 0 radical (unpaired) electrons. The van der Waals surface area contributed by atoms with E-state index in [0.717, 1.165) is 4.47 Å². The molecule has 0 unspecified atom stereocenters. The van der Waals surface area contributed by atoms with Gasteiger partial charge in [-0.2, -0.15) is 0 Å². The summed E-state index contributed by atoms with van der Waals surface area (Å²) in [6.45, 7) is 0. The lowest BCUT2D eigenvalue weighted by atomic mass is 10.3. The summed E-state index contributed by atoms with van der Waals surface area (Å²) in [7, 11) is 0. The minimum atomic E-state index is -0.558. The Hall–Kier alpha value is -0.840. The van der Waals surface area contributed by atoms with Gasteiger partial charge < -0.3 is 4.74 Å². The van der Waals surface area contributed by atoms with Crippen LogP contribution in [0.1, 0.15) is 0 Å². The second-order valence-corrected chi connectivity index (χ2v) is 4.85. The Kier molecular flexibility index (Phi) is 3.86. The highest BCUT2D eigenvalue weighted by molar-refractivity contribution is 9.10. The van der Waals surface area contributed by atoms with Gasteiger partial charge in [-0.25, -0.2) is 9.37 Å². The number of hydrogen-bond acceptors (Lipinski definition) is 2. The molecular weight excluding hydrogens is 332 g/mol. The summed E-state index contributed by atoms with van der Waals surface area (Å²) in [6, 6.07) is 5.74. The van der Waals surface area contributed by atoms with Crippen molar-refractivity contribution in [3.63, 3.8) is 0 Å². The van der Waals surface area contributed by atoms with Crippen molar-refractivity contribution in [1.82, 2.24) is 4.98 Å². The molecule has 88 valence electrons. The van der Waals surface area contributed by atoms with E-state index in [1.54, 1.807) is 6.07 Å². The summed E-state index contributed by atoms with van der Waals surface area (Å²) in [6.07, 6.45) is 1.54. The van der Waals surface area contributed by atoms with E-state index >= 15 is 0 Å². The molecule has 0 aliphatic carbocycles. The van der Waals surface area contributed by atoms with E-state index in [1.165, 1.54) is 24.4 Å². The fourth-order valence-corrected chi connectivity index (χ4v) is 1.91. The molecule has 2 aromatic rings. The largest absolute Gasteiger partial charge is 0.437 e. The number of rotatable bonds is 2. The molecule has 1 heterocycles. The first-order valence-corrected chi connectivity index (χ1v) is 6.05. The molecular formula is C11H5BrCl2FNO. The second kappa shape index (κ2) is 5.21. The molecule has 17 heavy (non-hydrogen) atoms. The lowest BCUT2D eigenvalue weighted by molar-refractivity contribution is 0.458. The molecule has 1 aromatic heterocycles. The van der Waals surface area contributed by atoms with E-state index < -0.39 is 5.82 Å². The van der Waals surface area contributed by atoms with E-state index in [4.69, 9.17) is 27.9 Å². The van der Waals surface area contributed by atoms with E-state index in [-0.39, 0.29) is 16.7 Å². The van der Waals surface area contributed by atoms with Gasteiger partial charge in [0.25, 0.3) is 0 Å². The van der Waals surface area contributed by atoms with Gasteiger partial charge in [0.05, 0.1) is 5.02 Å². The van der Waals surface area contributed by atoms with Gasteiger partial charge in [0.2, 0.25) is 5.88 Å². The van der Waals surface area contributed by atoms with Crippen LogP contribution in [0.2, 0.25) is 10.0 Å². The Labute approximate surface area is 115 Å². The highest BCUT2D eigenvalue weighted by Gasteiger charge is 2.07. The minimum Gasteiger partial charge on any atom is -0.437 e. The van der Waals surface area contributed by atoms with E-state index in [2.05, 4.69) is 20.9 Å². The number of pyridine rings is 1. The Morgan fingerprint density at radius 2 is 1.94 bits per heavy atom. The summed E-state index contributed by atoms with van der Waals surface area (Å²) < 4.78 is 19.2. The van der Waals surface area contributed by atoms with Gasteiger partial charge in [0.15, 0.2) is 0 Å². The molecule has 2 nitrogen and oxygen atoms in total. The molecule has 0 saturated heterocycles. The molecule has 0 fully saturated rings. The Morgan fingerprint density at radius 1 is 1.18 bits per heavy atom. The van der Waals surface area contributed by atoms with Crippen molar-refractivity contribution in [3.05, 3.63) is 50.8 Å². The van der Waals surface area contributed by atoms with Crippen LogP contribution in [0.5, 0.6) is 11.6 Å². The lowest BCUT2D eigenvalue weighted by Crippen LogP contribution is -1.90. The number of aromatic nitrogens is 1. The van der Waals surface area contributed by atoms with Gasteiger partial charge in [-0.3, -0.25) is 0 Å². The first-order chi connectivity index (χ1) is 8.06. The summed E-state index contributed by atoms with van der Waals surface area (Å²) in [5, 5.41) is 0.363. The standard InChI is InChI=1S/C11H5BrCl2FNO/c12-6-3-9(14)11(16-5-6)17-7-1-2-8(13)10(15)4-7/h1-5H. The third-order valence-electron chi connectivity index (χ3n) is 1.88. The van der Waals surface area contributed by atoms with Crippen molar-refractivity contribution in [1.29, 1.82) is 0 Å². The van der Waals surface area contributed by atoms with Crippen LogP contribution >= 0.6 is 39.1 Å². The third-order valence-corrected chi connectivity index (χ3v) is 2.89. The van der Waals surface area contributed by atoms with Crippen LogP contribution in [0.3, 0.4) is 0 Å². The highest BCUT2D eigenvalue weighted by atomic mass is 79.9. The van der Waals surface area contributed by atoms with Gasteiger partial charge in [0.1, 0.15) is 16.6 Å². The highest BCUT2D eigenvalue weighted by Crippen LogP contribution is 2.30. The lowest BCUT2D eigenvalue weighted by Gasteiger charge is -2.06. The maximum atomic E-state index is 13.2. The molecule has 2 rings (SSSR count). The van der Waals surface area contributed by atoms with Crippen molar-refractivity contribution in [2.45, 2.75) is 0 Å². The molecule has 0 N–H and O–H groups in total. The third kappa shape index (κ3) is 3.09. The Morgan fingerprint density at radius 3 is 2.59 bits per heavy atom. The zero-order valence-corrected chi connectivity index (χ0v) is 11.4. The van der Waals surface area contributed by atoms with Gasteiger partial charge in [0, 0.05) is 16.7 Å². The van der Waals surface area contributed by atoms with Crippen LogP contribution in [0.25, 0.3) is 0 Å². The smallest absolute Gasteiger partial charge is 0.238 e. The zero-order chi connectivity index (χ0) is 12.4. The molecule has 6 heteroatoms. The summed E-state index contributed by atoms with van der Waals surface area (Å²) in [5.41, 5.74) is 0. The van der Waals surface area contributed by atoms with Gasteiger partial charge in [-0.1, -0.05) is 23.2 Å². The maximum absolute atomic E-state index is 13.2. The van der Waals surface area contributed by atoms with Crippen molar-refractivity contribution in [2.75, 3.05) is 0 Å². The van der Waals surface area contributed by atoms with E-state index in [1.807, 2.05) is 0 Å². The molecule has 0 atom stereocenters. The molecule has 0 aliphatic rings. The van der Waals surface area contributed by atoms with Crippen molar-refractivity contribution >= 4 is 39.1 Å². The summed E-state index contributed by atoms with van der Waals surface area (Å²) >= 11 is 14.7. The van der Waals surface area contributed by atoms with Gasteiger partial charge >= 0.3 is 0 Å². The number of hydrogen-bond donors (Lipinski definition) is 0. The fraction of sp³-hybridized carbons (Fsp3) is 0. The number of halogens is 4. The molecule has 0 aliphatic heterocycles. The second-order valence-electron chi connectivity index (χ2n) is 3.12. The molecule has 1 aromatic carbocycles. The average molecular weight is 337 g/mol. The maximum Gasteiger partial charge on any atom is 0.238 e. The first-order valence-electron chi connectivity index (χ1n) is 4.50. The van der Waals surface area contributed by atoms with Crippen molar-refractivity contribution in [2.24, 2.45) is 0 Å². The number of ether oxygens (including phenoxy) is 1. The van der Waals surface area contributed by atoms with Crippen LogP contribution in [0, 0.1) is 5.82 Å². The van der Waals surface area contributed by atoms with Crippen LogP contribution < -0.4 is 4.74 Å². The molecule has 0 spiro atoms. The zero-order valence-electron chi connectivity index (χ0n) is 8.25. The van der Waals surface area contributed by atoms with Crippen LogP contribution in [0.4, 0.5) is 4.39 Å². The first kappa shape index (κ1) is 12.6. The van der Waals surface area contributed by atoms with Crippen LogP contribution in [-0.4, -0.2) is 4.98 Å². The summed E-state index contributed by atoms with van der Waals surface area (Å²) in [4.78, 5) is 3.97. The van der Waals surface area contributed by atoms with Gasteiger partial charge in [-0.15, -0.1) is 0 Å². The number of benzene rings is 1. The van der Waals surface area contributed by atoms with E-state index in [0.29, 0.717) is 5.02 Å². The summed E-state index contributed by atoms with van der Waals surface area (Å²) in [5.74, 6) is -0.0717. The fourth-order valence-electron chi connectivity index (χ4n) is 1.13.